The van der Waals surface area contributed by atoms with Gasteiger partial charge >= 0.3 is 5.97 Å². The van der Waals surface area contributed by atoms with E-state index in [4.69, 9.17) is 9.84 Å². The molecule has 2 N–H and O–H groups in total. The number of aromatic nitrogens is 5. The number of nitrogens with one attached hydrogen (secondary N) is 1. The van der Waals surface area contributed by atoms with E-state index in [2.05, 4.69) is 41.0 Å². The number of aliphatic carboxylic acids is 1. The number of carboxylic acid groups (broad SMARTS) is 1. The molecule has 0 amide bonds. The highest BCUT2D eigenvalue weighted by Crippen LogP contribution is 2.40. The van der Waals surface area contributed by atoms with Gasteiger partial charge in [-0.3, -0.25) is 9.48 Å². The van der Waals surface area contributed by atoms with Crippen molar-refractivity contribution < 1.29 is 14.6 Å². The fraction of sp³-hybridized carbons (Fsp3) is 0.607. The van der Waals surface area contributed by atoms with Crippen LogP contribution in [0.5, 0.6) is 0 Å². The maximum atomic E-state index is 11.4. The van der Waals surface area contributed by atoms with E-state index in [1.54, 1.807) is 6.33 Å². The lowest BCUT2D eigenvalue weighted by molar-refractivity contribution is -0.144. The van der Waals surface area contributed by atoms with Crippen molar-refractivity contribution in [2.45, 2.75) is 89.4 Å². The fourth-order valence-electron chi connectivity index (χ4n) is 5.75. The zero-order valence-electron chi connectivity index (χ0n) is 23.1. The predicted octanol–water partition coefficient (Wildman–Crippen LogP) is 5.53. The SMILES string of the molecule is C[Si](C)(C)CCOCn1ccc2c(-c3cn(C(CC#N)C4CCCC4)nc3NC3CC(C(=O)O)C3)ncnc21. The molecule has 208 valence electrons. The molecule has 0 saturated heterocycles. The molecule has 10 nitrogen and oxygen atoms in total. The van der Waals surface area contributed by atoms with Crippen molar-refractivity contribution in [2.75, 3.05) is 11.9 Å². The Hall–Kier alpha value is -3.23. The molecule has 3 heterocycles. The van der Waals surface area contributed by atoms with Gasteiger partial charge < -0.3 is 19.7 Å². The van der Waals surface area contributed by atoms with Crippen LogP contribution < -0.4 is 5.32 Å². The smallest absolute Gasteiger partial charge is 0.306 e. The first-order chi connectivity index (χ1) is 18.7. The Morgan fingerprint density at radius 2 is 2.05 bits per heavy atom. The molecule has 39 heavy (non-hydrogen) atoms. The first-order valence-corrected chi connectivity index (χ1v) is 17.8. The lowest BCUT2D eigenvalue weighted by atomic mass is 9.80. The number of fused-ring (bicyclic) bond motifs is 1. The number of hydrogen-bond acceptors (Lipinski definition) is 7. The third-order valence-corrected chi connectivity index (χ3v) is 9.89. The number of carbonyl (C=O) groups is 1. The van der Waals surface area contributed by atoms with Crippen LogP contribution in [-0.2, 0) is 16.3 Å². The Labute approximate surface area is 230 Å². The first-order valence-electron chi connectivity index (χ1n) is 14.1. The van der Waals surface area contributed by atoms with Crippen molar-refractivity contribution in [3.05, 3.63) is 24.8 Å². The van der Waals surface area contributed by atoms with Gasteiger partial charge in [0, 0.05) is 38.5 Å². The second kappa shape index (κ2) is 11.5. The molecule has 5 rings (SSSR count). The van der Waals surface area contributed by atoms with Gasteiger partial charge in [-0.2, -0.15) is 10.4 Å². The van der Waals surface area contributed by atoms with Gasteiger partial charge in [0.15, 0.2) is 5.82 Å². The van der Waals surface area contributed by atoms with Gasteiger partial charge in [-0.05, 0) is 43.7 Å². The van der Waals surface area contributed by atoms with Crippen molar-refractivity contribution in [3.63, 3.8) is 0 Å². The fourth-order valence-corrected chi connectivity index (χ4v) is 6.50. The van der Waals surface area contributed by atoms with Gasteiger partial charge in [-0.15, -0.1) is 0 Å². The minimum absolute atomic E-state index is 0.00153. The van der Waals surface area contributed by atoms with Crippen molar-refractivity contribution in [1.29, 1.82) is 5.26 Å². The molecule has 3 aromatic rings. The number of ether oxygens (including phenoxy) is 1. The van der Waals surface area contributed by atoms with E-state index in [1.807, 2.05) is 27.7 Å². The Kier molecular flexibility index (Phi) is 8.05. The summed E-state index contributed by atoms with van der Waals surface area (Å²) >= 11 is 0. The molecule has 0 spiro atoms. The van der Waals surface area contributed by atoms with Crippen LogP contribution in [0.1, 0.15) is 51.0 Å². The van der Waals surface area contributed by atoms with E-state index >= 15 is 0 Å². The number of nitriles is 1. The second-order valence-electron chi connectivity index (χ2n) is 12.3. The minimum Gasteiger partial charge on any atom is -0.481 e. The van der Waals surface area contributed by atoms with Crippen LogP contribution in [-0.4, -0.2) is 56.1 Å². The van der Waals surface area contributed by atoms with E-state index in [1.165, 1.54) is 12.8 Å². The van der Waals surface area contributed by atoms with Crippen LogP contribution >= 0.6 is 0 Å². The summed E-state index contributed by atoms with van der Waals surface area (Å²) in [6.07, 6.45) is 11.7. The predicted molar refractivity (Wildman–Crippen MR) is 152 cm³/mol. The molecule has 0 aliphatic heterocycles. The molecule has 1 atom stereocenters. The third kappa shape index (κ3) is 6.17. The van der Waals surface area contributed by atoms with Gasteiger partial charge in [0.05, 0.1) is 35.7 Å². The molecule has 3 aromatic heterocycles. The van der Waals surface area contributed by atoms with Crippen LogP contribution in [0.3, 0.4) is 0 Å². The van der Waals surface area contributed by atoms with Crippen LogP contribution in [0.15, 0.2) is 24.8 Å². The molecular weight excluding hydrogens is 510 g/mol. The Bertz CT molecular complexity index is 1340. The van der Waals surface area contributed by atoms with E-state index in [0.717, 1.165) is 47.8 Å². The Morgan fingerprint density at radius 3 is 2.74 bits per heavy atom. The molecule has 0 bridgehead atoms. The Morgan fingerprint density at radius 1 is 1.28 bits per heavy atom. The molecule has 0 radical (unpaired) electrons. The lowest BCUT2D eigenvalue weighted by Gasteiger charge is -2.33. The molecule has 2 fully saturated rings. The second-order valence-corrected chi connectivity index (χ2v) is 17.9. The summed E-state index contributed by atoms with van der Waals surface area (Å²) in [5, 5.41) is 28.3. The van der Waals surface area contributed by atoms with E-state index in [0.29, 0.717) is 37.7 Å². The van der Waals surface area contributed by atoms with E-state index < -0.39 is 14.0 Å². The summed E-state index contributed by atoms with van der Waals surface area (Å²) in [6.45, 7) is 8.18. The number of nitrogens with zero attached hydrogens (tertiary/aromatic N) is 6. The van der Waals surface area contributed by atoms with Gasteiger partial charge in [-0.25, -0.2) is 9.97 Å². The number of carboxylic acids is 1. The standard InChI is InChI=1S/C28H39N7O3Si/c1-39(2,3)13-12-38-18-34-11-9-22-25(30-17-31-27(22)34)23-16-35(24(8-10-29)19-6-4-5-7-19)33-26(23)32-21-14-20(15-21)28(36)37/h9,11,16-17,19-21,24H,4-8,12-15,18H2,1-3H3,(H,32,33)(H,36,37). The minimum atomic E-state index is -1.17. The van der Waals surface area contributed by atoms with E-state index in [9.17, 15) is 15.2 Å². The summed E-state index contributed by atoms with van der Waals surface area (Å²) < 4.78 is 9.94. The molecule has 11 heteroatoms. The quantitative estimate of drug-likeness (QED) is 0.223. The van der Waals surface area contributed by atoms with Crippen LogP contribution in [0, 0.1) is 23.2 Å². The van der Waals surface area contributed by atoms with Gasteiger partial charge in [0.1, 0.15) is 18.7 Å². The lowest BCUT2D eigenvalue weighted by Crippen LogP contribution is -2.39. The highest BCUT2D eigenvalue weighted by atomic mass is 28.3. The molecule has 0 aromatic carbocycles. The number of hydrogen-bond donors (Lipinski definition) is 2. The summed E-state index contributed by atoms with van der Waals surface area (Å²) in [7, 11) is -1.17. The Balaban J connectivity index is 1.45. The average Bonchev–Trinajstić information content (AvgIpc) is 3.62. The number of rotatable bonds is 12. The zero-order valence-corrected chi connectivity index (χ0v) is 24.1. The van der Waals surface area contributed by atoms with Gasteiger partial charge in [-0.1, -0.05) is 32.5 Å². The highest BCUT2D eigenvalue weighted by molar-refractivity contribution is 6.76. The maximum absolute atomic E-state index is 11.4. The number of anilines is 1. The van der Waals surface area contributed by atoms with Crippen molar-refractivity contribution in [2.24, 2.45) is 11.8 Å². The molecule has 1 unspecified atom stereocenters. The van der Waals surface area contributed by atoms with Crippen LogP contribution in [0.25, 0.3) is 22.3 Å². The summed E-state index contributed by atoms with van der Waals surface area (Å²) in [4.78, 5) is 20.6. The van der Waals surface area contributed by atoms with Crippen molar-refractivity contribution in [1.82, 2.24) is 24.3 Å². The zero-order chi connectivity index (χ0) is 27.6. The van der Waals surface area contributed by atoms with Crippen molar-refractivity contribution >= 4 is 30.9 Å². The average molecular weight is 550 g/mol. The topological polar surface area (TPSA) is 131 Å². The summed E-state index contributed by atoms with van der Waals surface area (Å²) in [6, 6.07) is 5.53. The maximum Gasteiger partial charge on any atom is 0.306 e. The largest absolute Gasteiger partial charge is 0.481 e. The van der Waals surface area contributed by atoms with Crippen LogP contribution in [0.2, 0.25) is 25.7 Å². The normalized spacial score (nSPS) is 20.6. The van der Waals surface area contributed by atoms with Gasteiger partial charge in [0.25, 0.3) is 0 Å². The van der Waals surface area contributed by atoms with Gasteiger partial charge in [0.2, 0.25) is 0 Å². The molecular formula is C28H39N7O3Si. The highest BCUT2D eigenvalue weighted by Gasteiger charge is 2.36. The molecule has 2 aliphatic carbocycles. The van der Waals surface area contributed by atoms with E-state index in [-0.39, 0.29) is 18.0 Å². The molecule has 2 saturated carbocycles. The summed E-state index contributed by atoms with van der Waals surface area (Å²) in [5.74, 6) is 0.0349. The molecule has 2 aliphatic rings. The third-order valence-electron chi connectivity index (χ3n) is 8.18. The summed E-state index contributed by atoms with van der Waals surface area (Å²) in [5.41, 5.74) is 2.41. The van der Waals surface area contributed by atoms with Crippen molar-refractivity contribution in [3.8, 4) is 17.3 Å². The van der Waals surface area contributed by atoms with Crippen LogP contribution in [0.4, 0.5) is 5.82 Å². The monoisotopic (exact) mass is 549 g/mol. The first kappa shape index (κ1) is 27.3.